The Hall–Kier alpha value is -1.60. The fourth-order valence-electron chi connectivity index (χ4n) is 2.05. The van der Waals surface area contributed by atoms with Crippen LogP contribution in [0.2, 0.25) is 5.02 Å². The molecule has 1 heterocycles. The maximum absolute atomic E-state index is 13.7. The standard InChI is InChI=1S/C15H10ClFIN3/c16-9-3-4-13(15-8(9)2-1-5-20-15)21-14-6-10(17)11(18)7-12(14)19/h1-7,21H,19H2. The van der Waals surface area contributed by atoms with Crippen LogP contribution in [0.15, 0.2) is 42.6 Å². The summed E-state index contributed by atoms with van der Waals surface area (Å²) < 4.78 is 14.2. The predicted octanol–water partition coefficient (Wildman–Crippen LogP) is 4.96. The molecule has 2 aromatic carbocycles. The molecule has 0 amide bonds. The van der Waals surface area contributed by atoms with Gasteiger partial charge in [0.1, 0.15) is 5.82 Å². The Morgan fingerprint density at radius 3 is 2.81 bits per heavy atom. The minimum Gasteiger partial charge on any atom is -0.397 e. The number of nitrogen functional groups attached to an aromatic ring is 1. The van der Waals surface area contributed by atoms with Crippen molar-refractivity contribution in [1.82, 2.24) is 4.98 Å². The molecule has 0 bridgehead atoms. The fraction of sp³-hybridized carbons (Fsp3) is 0. The number of halogens is 3. The van der Waals surface area contributed by atoms with Gasteiger partial charge in [0.2, 0.25) is 0 Å². The van der Waals surface area contributed by atoms with Gasteiger partial charge in [0.05, 0.1) is 31.2 Å². The molecule has 0 aliphatic carbocycles. The molecule has 3 N–H and O–H groups in total. The van der Waals surface area contributed by atoms with E-state index in [9.17, 15) is 4.39 Å². The molecule has 0 atom stereocenters. The Kier molecular flexibility index (Phi) is 3.86. The van der Waals surface area contributed by atoms with E-state index in [2.05, 4.69) is 10.3 Å². The summed E-state index contributed by atoms with van der Waals surface area (Å²) in [7, 11) is 0. The monoisotopic (exact) mass is 413 g/mol. The number of nitrogens with zero attached hydrogens (tertiary/aromatic N) is 1. The highest BCUT2D eigenvalue weighted by Crippen LogP contribution is 2.32. The summed E-state index contributed by atoms with van der Waals surface area (Å²) in [6.07, 6.45) is 1.68. The highest BCUT2D eigenvalue weighted by molar-refractivity contribution is 14.1. The van der Waals surface area contributed by atoms with Gasteiger partial charge in [-0.2, -0.15) is 0 Å². The summed E-state index contributed by atoms with van der Waals surface area (Å²) >= 11 is 8.06. The Morgan fingerprint density at radius 2 is 2.00 bits per heavy atom. The zero-order chi connectivity index (χ0) is 15.0. The molecule has 0 fully saturated rings. The molecule has 0 aliphatic heterocycles. The first-order valence-electron chi connectivity index (χ1n) is 6.11. The molecule has 0 saturated carbocycles. The van der Waals surface area contributed by atoms with Gasteiger partial charge in [-0.05, 0) is 52.9 Å². The smallest absolute Gasteiger partial charge is 0.138 e. The van der Waals surface area contributed by atoms with E-state index in [0.29, 0.717) is 25.5 Å². The number of rotatable bonds is 2. The van der Waals surface area contributed by atoms with E-state index >= 15 is 0 Å². The normalized spacial score (nSPS) is 10.8. The SMILES string of the molecule is Nc1cc(I)c(F)cc1Nc1ccc(Cl)c2cccnc12. The number of pyridine rings is 1. The van der Waals surface area contributed by atoms with E-state index in [4.69, 9.17) is 17.3 Å². The van der Waals surface area contributed by atoms with Gasteiger partial charge < -0.3 is 11.1 Å². The molecule has 6 heteroatoms. The Labute approximate surface area is 139 Å². The van der Waals surface area contributed by atoms with Crippen molar-refractivity contribution in [3.63, 3.8) is 0 Å². The Bertz CT molecular complexity index is 839. The largest absolute Gasteiger partial charge is 0.397 e. The van der Waals surface area contributed by atoms with Crippen LogP contribution in [0.4, 0.5) is 21.5 Å². The number of aromatic nitrogens is 1. The molecule has 1 aromatic heterocycles. The second-order valence-electron chi connectivity index (χ2n) is 4.47. The summed E-state index contributed by atoms with van der Waals surface area (Å²) in [6, 6.07) is 10.2. The van der Waals surface area contributed by atoms with Crippen LogP contribution in [0.3, 0.4) is 0 Å². The number of nitrogens with two attached hydrogens (primary N) is 1. The van der Waals surface area contributed by atoms with Crippen LogP contribution in [-0.4, -0.2) is 4.98 Å². The van der Waals surface area contributed by atoms with Crippen LogP contribution < -0.4 is 11.1 Å². The third kappa shape index (κ3) is 2.75. The van der Waals surface area contributed by atoms with Crippen molar-refractivity contribution in [3.05, 3.63) is 57.0 Å². The van der Waals surface area contributed by atoms with E-state index in [1.165, 1.54) is 6.07 Å². The molecule has 3 aromatic rings. The maximum Gasteiger partial charge on any atom is 0.138 e. The zero-order valence-corrected chi connectivity index (χ0v) is 13.6. The van der Waals surface area contributed by atoms with Crippen molar-refractivity contribution in [2.45, 2.75) is 0 Å². The van der Waals surface area contributed by atoms with Crippen molar-refractivity contribution < 1.29 is 4.39 Å². The summed E-state index contributed by atoms with van der Waals surface area (Å²) in [5.74, 6) is -0.321. The van der Waals surface area contributed by atoms with E-state index in [1.807, 2.05) is 34.7 Å². The van der Waals surface area contributed by atoms with Crippen molar-refractivity contribution in [1.29, 1.82) is 0 Å². The quantitative estimate of drug-likeness (QED) is 0.461. The van der Waals surface area contributed by atoms with Crippen molar-refractivity contribution in [2.75, 3.05) is 11.1 Å². The predicted molar refractivity (Wildman–Crippen MR) is 93.6 cm³/mol. The van der Waals surface area contributed by atoms with Crippen LogP contribution >= 0.6 is 34.2 Å². The molecule has 3 nitrogen and oxygen atoms in total. The molecule has 0 spiro atoms. The van der Waals surface area contributed by atoms with Crippen LogP contribution in [0.25, 0.3) is 10.9 Å². The molecule has 0 radical (unpaired) electrons. The number of hydrogen-bond acceptors (Lipinski definition) is 3. The third-order valence-electron chi connectivity index (χ3n) is 3.08. The van der Waals surface area contributed by atoms with Gasteiger partial charge >= 0.3 is 0 Å². The van der Waals surface area contributed by atoms with Gasteiger partial charge in [0.15, 0.2) is 0 Å². The van der Waals surface area contributed by atoms with Crippen LogP contribution in [-0.2, 0) is 0 Å². The molecule has 106 valence electrons. The Morgan fingerprint density at radius 1 is 1.19 bits per heavy atom. The average molecular weight is 414 g/mol. The zero-order valence-electron chi connectivity index (χ0n) is 10.7. The molecular weight excluding hydrogens is 404 g/mol. The number of benzene rings is 2. The first-order valence-corrected chi connectivity index (χ1v) is 7.56. The molecule has 0 aliphatic rings. The summed E-state index contributed by atoms with van der Waals surface area (Å²) in [6.45, 7) is 0. The summed E-state index contributed by atoms with van der Waals surface area (Å²) in [5, 5.41) is 4.56. The van der Waals surface area contributed by atoms with Gasteiger partial charge in [-0.1, -0.05) is 11.6 Å². The molecule has 0 unspecified atom stereocenters. The minimum absolute atomic E-state index is 0.321. The number of anilines is 3. The average Bonchev–Trinajstić information content (AvgIpc) is 2.48. The fourth-order valence-corrected chi connectivity index (χ4v) is 2.76. The first-order chi connectivity index (χ1) is 10.1. The highest BCUT2D eigenvalue weighted by atomic mass is 127. The maximum atomic E-state index is 13.7. The molecule has 21 heavy (non-hydrogen) atoms. The van der Waals surface area contributed by atoms with E-state index in [-0.39, 0.29) is 5.82 Å². The molecule has 0 saturated heterocycles. The number of hydrogen-bond donors (Lipinski definition) is 2. The molecular formula is C15H10ClFIN3. The third-order valence-corrected chi connectivity index (χ3v) is 4.23. The van der Waals surface area contributed by atoms with E-state index in [0.717, 1.165) is 11.1 Å². The lowest BCUT2D eigenvalue weighted by Gasteiger charge is -2.12. The second kappa shape index (κ2) is 5.65. The van der Waals surface area contributed by atoms with Gasteiger partial charge in [-0.3, -0.25) is 4.98 Å². The van der Waals surface area contributed by atoms with Crippen molar-refractivity contribution in [3.8, 4) is 0 Å². The van der Waals surface area contributed by atoms with Crippen molar-refractivity contribution in [2.24, 2.45) is 0 Å². The van der Waals surface area contributed by atoms with E-state index < -0.39 is 0 Å². The summed E-state index contributed by atoms with van der Waals surface area (Å²) in [5.41, 5.74) is 8.34. The minimum atomic E-state index is -0.321. The number of nitrogens with one attached hydrogen (secondary N) is 1. The van der Waals surface area contributed by atoms with Crippen LogP contribution in [0.5, 0.6) is 0 Å². The van der Waals surface area contributed by atoms with Crippen molar-refractivity contribution >= 4 is 62.2 Å². The number of fused-ring (bicyclic) bond motifs is 1. The highest BCUT2D eigenvalue weighted by Gasteiger charge is 2.10. The second-order valence-corrected chi connectivity index (χ2v) is 6.04. The van der Waals surface area contributed by atoms with Gasteiger partial charge in [-0.25, -0.2) is 4.39 Å². The van der Waals surface area contributed by atoms with Gasteiger partial charge in [0, 0.05) is 17.6 Å². The first kappa shape index (κ1) is 14.3. The lowest BCUT2D eigenvalue weighted by Crippen LogP contribution is -2.00. The van der Waals surface area contributed by atoms with Crippen LogP contribution in [0.1, 0.15) is 0 Å². The van der Waals surface area contributed by atoms with Gasteiger partial charge in [-0.15, -0.1) is 0 Å². The lowest BCUT2D eigenvalue weighted by atomic mass is 10.1. The Balaban J connectivity index is 2.11. The van der Waals surface area contributed by atoms with Gasteiger partial charge in [0.25, 0.3) is 0 Å². The van der Waals surface area contributed by atoms with E-state index in [1.54, 1.807) is 24.4 Å². The van der Waals surface area contributed by atoms with Crippen LogP contribution in [0, 0.1) is 9.39 Å². The molecule has 3 rings (SSSR count). The lowest BCUT2D eigenvalue weighted by molar-refractivity contribution is 0.621. The summed E-state index contributed by atoms with van der Waals surface area (Å²) in [4.78, 5) is 4.32. The topological polar surface area (TPSA) is 50.9 Å².